The summed E-state index contributed by atoms with van der Waals surface area (Å²) < 4.78 is 32.1. The van der Waals surface area contributed by atoms with Crippen LogP contribution in [0.15, 0.2) is 36.4 Å². The van der Waals surface area contributed by atoms with Crippen LogP contribution in [0.1, 0.15) is 22.3 Å². The fraction of sp³-hybridized carbons (Fsp3) is 0.300. The van der Waals surface area contributed by atoms with E-state index in [1.165, 1.54) is 13.2 Å². The van der Waals surface area contributed by atoms with Gasteiger partial charge in [-0.3, -0.25) is 4.79 Å². The summed E-state index contributed by atoms with van der Waals surface area (Å²) in [5, 5.41) is 2.51. The number of esters is 1. The van der Waals surface area contributed by atoms with Crippen molar-refractivity contribution in [2.24, 2.45) is 0 Å². The van der Waals surface area contributed by atoms with Crippen LogP contribution in [0, 0.1) is 25.5 Å². The van der Waals surface area contributed by atoms with Gasteiger partial charge in [-0.1, -0.05) is 24.3 Å². The van der Waals surface area contributed by atoms with Crippen molar-refractivity contribution in [2.45, 2.75) is 32.7 Å². The third-order valence-electron chi connectivity index (χ3n) is 4.23. The van der Waals surface area contributed by atoms with E-state index < -0.39 is 36.0 Å². The molecule has 138 valence electrons. The number of carbonyl (C=O) groups is 2. The standard InChI is InChI=1S/C20H21F2NO3/c1-12-7-8-14(9-13(12)2)10-18(20(25)26-3)23-19(24)11-15-16(21)5-4-6-17(15)22/h4-9,18H,10-11H2,1-3H3,(H,23,24)/t18-/m1/s1. The maximum Gasteiger partial charge on any atom is 0.328 e. The molecule has 1 atom stereocenters. The summed E-state index contributed by atoms with van der Waals surface area (Å²) >= 11 is 0. The average Bonchev–Trinajstić information content (AvgIpc) is 2.60. The van der Waals surface area contributed by atoms with E-state index in [2.05, 4.69) is 5.32 Å². The molecule has 0 saturated heterocycles. The fourth-order valence-corrected chi connectivity index (χ4v) is 2.61. The van der Waals surface area contributed by atoms with E-state index >= 15 is 0 Å². The van der Waals surface area contributed by atoms with Crippen LogP contribution in [0.5, 0.6) is 0 Å². The Bertz CT molecular complexity index is 800. The zero-order chi connectivity index (χ0) is 19.3. The molecular weight excluding hydrogens is 340 g/mol. The summed E-state index contributed by atoms with van der Waals surface area (Å²) in [6.45, 7) is 3.92. The minimum Gasteiger partial charge on any atom is -0.467 e. The summed E-state index contributed by atoms with van der Waals surface area (Å²) in [4.78, 5) is 24.2. The second kappa shape index (κ2) is 8.56. The van der Waals surface area contributed by atoms with Crippen LogP contribution in [-0.2, 0) is 27.2 Å². The third kappa shape index (κ3) is 4.88. The zero-order valence-corrected chi connectivity index (χ0v) is 14.9. The Hall–Kier alpha value is -2.76. The largest absolute Gasteiger partial charge is 0.467 e. The molecule has 2 aromatic rings. The van der Waals surface area contributed by atoms with Crippen molar-refractivity contribution < 1.29 is 23.1 Å². The molecule has 1 N–H and O–H groups in total. The molecule has 1 amide bonds. The normalized spacial score (nSPS) is 11.7. The van der Waals surface area contributed by atoms with Gasteiger partial charge in [0.05, 0.1) is 13.5 Å². The maximum atomic E-state index is 13.7. The molecule has 0 spiro atoms. The Morgan fingerprint density at radius 3 is 2.31 bits per heavy atom. The second-order valence-electron chi connectivity index (χ2n) is 6.14. The number of rotatable bonds is 6. The van der Waals surface area contributed by atoms with Crippen molar-refractivity contribution in [3.05, 3.63) is 70.3 Å². The van der Waals surface area contributed by atoms with E-state index in [9.17, 15) is 18.4 Å². The summed E-state index contributed by atoms with van der Waals surface area (Å²) in [7, 11) is 1.22. The Kier molecular flexibility index (Phi) is 6.44. The highest BCUT2D eigenvalue weighted by atomic mass is 19.1. The van der Waals surface area contributed by atoms with Gasteiger partial charge in [0.15, 0.2) is 0 Å². The van der Waals surface area contributed by atoms with Gasteiger partial charge in [0.25, 0.3) is 0 Å². The molecule has 4 nitrogen and oxygen atoms in total. The van der Waals surface area contributed by atoms with Crippen LogP contribution in [0.25, 0.3) is 0 Å². The van der Waals surface area contributed by atoms with E-state index in [0.29, 0.717) is 0 Å². The number of hydrogen-bond acceptors (Lipinski definition) is 3. The molecule has 0 heterocycles. The molecule has 2 aromatic carbocycles. The molecule has 26 heavy (non-hydrogen) atoms. The summed E-state index contributed by atoms with van der Waals surface area (Å²) in [6.07, 6.45) is -0.280. The Labute approximate surface area is 151 Å². The number of halogens is 2. The number of ether oxygens (including phenoxy) is 1. The van der Waals surface area contributed by atoms with Gasteiger partial charge in [-0.05, 0) is 42.7 Å². The van der Waals surface area contributed by atoms with Crippen LogP contribution in [0.4, 0.5) is 8.78 Å². The number of nitrogens with one attached hydrogen (secondary N) is 1. The highest BCUT2D eigenvalue weighted by Crippen LogP contribution is 2.14. The zero-order valence-electron chi connectivity index (χ0n) is 14.9. The maximum absolute atomic E-state index is 13.7. The predicted octanol–water partition coefficient (Wildman–Crippen LogP) is 3.02. The molecule has 0 aromatic heterocycles. The molecule has 6 heteroatoms. The lowest BCUT2D eigenvalue weighted by Crippen LogP contribution is -2.43. The van der Waals surface area contributed by atoms with Crippen LogP contribution in [0.2, 0.25) is 0 Å². The summed E-state index contributed by atoms with van der Waals surface area (Å²) in [5.41, 5.74) is 2.69. The lowest BCUT2D eigenvalue weighted by molar-refractivity contribution is -0.145. The lowest BCUT2D eigenvalue weighted by Gasteiger charge is -2.17. The van der Waals surface area contributed by atoms with Crippen molar-refractivity contribution in [3.63, 3.8) is 0 Å². The van der Waals surface area contributed by atoms with Gasteiger partial charge in [-0.25, -0.2) is 13.6 Å². The molecule has 2 rings (SSSR count). The third-order valence-corrected chi connectivity index (χ3v) is 4.23. The molecule has 0 radical (unpaired) electrons. The van der Waals surface area contributed by atoms with E-state index in [0.717, 1.165) is 28.8 Å². The highest BCUT2D eigenvalue weighted by molar-refractivity contribution is 5.85. The quantitative estimate of drug-likeness (QED) is 0.805. The van der Waals surface area contributed by atoms with Gasteiger partial charge in [0.2, 0.25) is 5.91 Å². The van der Waals surface area contributed by atoms with Crippen LogP contribution in [0.3, 0.4) is 0 Å². The summed E-state index contributed by atoms with van der Waals surface area (Å²) in [6, 6.07) is 8.16. The molecule has 0 saturated carbocycles. The van der Waals surface area contributed by atoms with Gasteiger partial charge in [-0.15, -0.1) is 0 Å². The van der Waals surface area contributed by atoms with Crippen molar-refractivity contribution >= 4 is 11.9 Å². The van der Waals surface area contributed by atoms with Crippen LogP contribution < -0.4 is 5.32 Å². The van der Waals surface area contributed by atoms with E-state index in [4.69, 9.17) is 4.74 Å². The first kappa shape index (κ1) is 19.6. The number of aryl methyl sites for hydroxylation is 2. The minimum absolute atomic E-state index is 0.222. The van der Waals surface area contributed by atoms with Crippen molar-refractivity contribution in [1.82, 2.24) is 5.32 Å². The van der Waals surface area contributed by atoms with Crippen LogP contribution in [-0.4, -0.2) is 25.0 Å². The number of benzene rings is 2. The smallest absolute Gasteiger partial charge is 0.328 e. The molecule has 0 aliphatic carbocycles. The van der Waals surface area contributed by atoms with Gasteiger partial charge in [-0.2, -0.15) is 0 Å². The van der Waals surface area contributed by atoms with Gasteiger partial charge in [0.1, 0.15) is 17.7 Å². The van der Waals surface area contributed by atoms with Crippen molar-refractivity contribution in [1.29, 1.82) is 0 Å². The Morgan fingerprint density at radius 1 is 1.08 bits per heavy atom. The van der Waals surface area contributed by atoms with Crippen molar-refractivity contribution in [3.8, 4) is 0 Å². The molecule has 0 unspecified atom stereocenters. The molecule has 0 bridgehead atoms. The number of amides is 1. The highest BCUT2D eigenvalue weighted by Gasteiger charge is 2.23. The van der Waals surface area contributed by atoms with Crippen LogP contribution >= 0.6 is 0 Å². The van der Waals surface area contributed by atoms with E-state index in [1.807, 2.05) is 32.0 Å². The monoisotopic (exact) mass is 361 g/mol. The van der Waals surface area contributed by atoms with E-state index in [1.54, 1.807) is 0 Å². The minimum atomic E-state index is -0.940. The molecule has 0 aliphatic rings. The van der Waals surface area contributed by atoms with Gasteiger partial charge in [0, 0.05) is 12.0 Å². The van der Waals surface area contributed by atoms with E-state index in [-0.39, 0.29) is 12.0 Å². The average molecular weight is 361 g/mol. The SMILES string of the molecule is COC(=O)[C@@H](Cc1ccc(C)c(C)c1)NC(=O)Cc1c(F)cccc1F. The number of methoxy groups -OCH3 is 1. The van der Waals surface area contributed by atoms with Gasteiger partial charge < -0.3 is 10.1 Å². The first-order valence-electron chi connectivity index (χ1n) is 8.18. The molecular formula is C20H21F2NO3. The first-order chi connectivity index (χ1) is 12.3. The second-order valence-corrected chi connectivity index (χ2v) is 6.14. The van der Waals surface area contributed by atoms with Gasteiger partial charge >= 0.3 is 5.97 Å². The summed E-state index contributed by atoms with van der Waals surface area (Å²) in [5.74, 6) is -2.88. The number of hydrogen-bond donors (Lipinski definition) is 1. The first-order valence-corrected chi connectivity index (χ1v) is 8.18. The molecule has 0 fully saturated rings. The fourth-order valence-electron chi connectivity index (χ4n) is 2.61. The Morgan fingerprint density at radius 2 is 1.73 bits per heavy atom. The molecule has 0 aliphatic heterocycles. The number of carbonyl (C=O) groups excluding carboxylic acids is 2. The van der Waals surface area contributed by atoms with Crippen molar-refractivity contribution in [2.75, 3.05) is 7.11 Å². The topological polar surface area (TPSA) is 55.4 Å². The predicted molar refractivity (Wildman–Crippen MR) is 93.6 cm³/mol. The lowest BCUT2D eigenvalue weighted by atomic mass is 10.0. The Balaban J connectivity index is 2.13.